The van der Waals surface area contributed by atoms with Gasteiger partial charge in [-0.05, 0) is 44.0 Å². The van der Waals surface area contributed by atoms with E-state index in [-0.39, 0.29) is 5.91 Å². The van der Waals surface area contributed by atoms with Gasteiger partial charge in [0.2, 0.25) is 0 Å². The first-order chi connectivity index (χ1) is 12.7. The quantitative estimate of drug-likeness (QED) is 0.757. The molecule has 1 aromatic carbocycles. The van der Waals surface area contributed by atoms with E-state index in [1.165, 1.54) is 25.7 Å². The second kappa shape index (κ2) is 7.12. The zero-order chi connectivity index (χ0) is 17.9. The number of amides is 1. The van der Waals surface area contributed by atoms with Crippen LogP contribution in [-0.2, 0) is 0 Å². The highest BCUT2D eigenvalue weighted by molar-refractivity contribution is 6.03. The third-order valence-corrected chi connectivity index (χ3v) is 4.92. The van der Waals surface area contributed by atoms with Crippen molar-refractivity contribution in [1.82, 2.24) is 14.8 Å². The maximum atomic E-state index is 12.6. The zero-order valence-corrected chi connectivity index (χ0v) is 14.9. The van der Waals surface area contributed by atoms with E-state index in [2.05, 4.69) is 10.3 Å². The summed E-state index contributed by atoms with van der Waals surface area (Å²) in [5, 5.41) is 7.82. The topological polar surface area (TPSA) is 59.8 Å². The van der Waals surface area contributed by atoms with Gasteiger partial charge in [-0.2, -0.15) is 5.10 Å². The molecule has 0 bridgehead atoms. The van der Waals surface area contributed by atoms with Gasteiger partial charge in [0.25, 0.3) is 5.91 Å². The second-order valence-electron chi connectivity index (χ2n) is 6.83. The van der Waals surface area contributed by atoms with Gasteiger partial charge in [0, 0.05) is 23.9 Å². The Bertz CT molecular complexity index is 894. The number of nitrogens with zero attached hydrogens (tertiary/aromatic N) is 3. The Balaban J connectivity index is 1.67. The van der Waals surface area contributed by atoms with E-state index in [4.69, 9.17) is 5.10 Å². The molecule has 0 spiro atoms. The Hall–Kier alpha value is -2.95. The van der Waals surface area contributed by atoms with Gasteiger partial charge < -0.3 is 5.32 Å². The van der Waals surface area contributed by atoms with Crippen LogP contribution in [0.4, 0.5) is 5.82 Å². The lowest BCUT2D eigenvalue weighted by Gasteiger charge is -2.09. The summed E-state index contributed by atoms with van der Waals surface area (Å²) in [6.45, 7) is 1.90. The predicted octanol–water partition coefficient (Wildman–Crippen LogP) is 4.49. The summed E-state index contributed by atoms with van der Waals surface area (Å²) in [6.07, 6.45) is 6.44. The van der Waals surface area contributed by atoms with E-state index in [0.29, 0.717) is 17.3 Å². The molecule has 0 unspecified atom stereocenters. The van der Waals surface area contributed by atoms with E-state index < -0.39 is 0 Å². The molecule has 132 valence electrons. The van der Waals surface area contributed by atoms with E-state index >= 15 is 0 Å². The molecule has 1 fully saturated rings. The molecule has 1 aliphatic carbocycles. The fourth-order valence-corrected chi connectivity index (χ4v) is 3.47. The average molecular weight is 346 g/mol. The molecule has 5 heteroatoms. The molecule has 0 atom stereocenters. The Kier molecular flexibility index (Phi) is 4.52. The number of carbonyl (C=O) groups is 1. The summed E-state index contributed by atoms with van der Waals surface area (Å²) in [7, 11) is 0. The molecule has 1 aliphatic rings. The first-order valence-corrected chi connectivity index (χ1v) is 9.10. The fraction of sp³-hybridized carbons (Fsp3) is 0.286. The van der Waals surface area contributed by atoms with Crippen molar-refractivity contribution < 1.29 is 4.79 Å². The van der Waals surface area contributed by atoms with E-state index in [1.807, 2.05) is 54.1 Å². The number of pyridine rings is 1. The first kappa shape index (κ1) is 16.5. The molecule has 0 saturated heterocycles. The Morgan fingerprint density at radius 3 is 2.58 bits per heavy atom. The maximum Gasteiger partial charge on any atom is 0.258 e. The molecular formula is C21H22N4O. The number of para-hydroxylation sites is 1. The van der Waals surface area contributed by atoms with Gasteiger partial charge in [0.15, 0.2) is 0 Å². The average Bonchev–Trinajstić information content (AvgIpc) is 3.33. The number of nitrogens with one attached hydrogen (secondary N) is 1. The van der Waals surface area contributed by atoms with Gasteiger partial charge in [-0.15, -0.1) is 0 Å². The second-order valence-corrected chi connectivity index (χ2v) is 6.83. The van der Waals surface area contributed by atoms with E-state index in [0.717, 1.165) is 17.1 Å². The predicted molar refractivity (Wildman–Crippen MR) is 102 cm³/mol. The SMILES string of the molecule is Cc1ccc(C(=O)Nc2cc(C3CCCC3)nn2-c2ccccc2)cn1. The Labute approximate surface area is 153 Å². The number of carbonyl (C=O) groups excluding carboxylic acids is 1. The van der Waals surface area contributed by atoms with Crippen molar-refractivity contribution in [2.24, 2.45) is 0 Å². The standard InChI is InChI=1S/C21H22N4O/c1-15-11-12-17(14-22-15)21(26)23-20-13-19(16-7-5-6-8-16)24-25(20)18-9-3-2-4-10-18/h2-4,9-14,16H,5-8H2,1H3,(H,23,26). The third-order valence-electron chi connectivity index (χ3n) is 4.92. The van der Waals surface area contributed by atoms with Gasteiger partial charge >= 0.3 is 0 Å². The lowest BCUT2D eigenvalue weighted by molar-refractivity contribution is 0.102. The summed E-state index contributed by atoms with van der Waals surface area (Å²) in [5.74, 6) is 1.01. The number of aromatic nitrogens is 3. The molecule has 1 amide bonds. The third kappa shape index (κ3) is 3.38. The highest BCUT2D eigenvalue weighted by Gasteiger charge is 2.22. The van der Waals surface area contributed by atoms with Crippen LogP contribution in [0.1, 0.15) is 53.3 Å². The van der Waals surface area contributed by atoms with E-state index in [1.54, 1.807) is 12.3 Å². The normalized spacial score (nSPS) is 14.5. The molecule has 0 radical (unpaired) electrons. The van der Waals surface area contributed by atoms with Crippen molar-refractivity contribution >= 4 is 11.7 Å². The van der Waals surface area contributed by atoms with Crippen molar-refractivity contribution in [3.05, 3.63) is 71.7 Å². The summed E-state index contributed by atoms with van der Waals surface area (Å²) in [5.41, 5.74) is 3.43. The molecule has 2 aromatic heterocycles. The minimum Gasteiger partial charge on any atom is -0.306 e. The molecule has 26 heavy (non-hydrogen) atoms. The van der Waals surface area contributed by atoms with E-state index in [9.17, 15) is 4.79 Å². The van der Waals surface area contributed by atoms with Crippen LogP contribution in [0.3, 0.4) is 0 Å². The minimum absolute atomic E-state index is 0.174. The van der Waals surface area contributed by atoms with Crippen LogP contribution in [-0.4, -0.2) is 20.7 Å². The van der Waals surface area contributed by atoms with Gasteiger partial charge in [-0.25, -0.2) is 4.68 Å². The lowest BCUT2D eigenvalue weighted by atomic mass is 10.0. The van der Waals surface area contributed by atoms with Gasteiger partial charge in [0.05, 0.1) is 16.9 Å². The van der Waals surface area contributed by atoms with Crippen LogP contribution < -0.4 is 5.32 Å². The Morgan fingerprint density at radius 2 is 1.88 bits per heavy atom. The molecule has 5 nitrogen and oxygen atoms in total. The fourth-order valence-electron chi connectivity index (χ4n) is 3.47. The number of benzene rings is 1. The van der Waals surface area contributed by atoms with Crippen molar-refractivity contribution in [2.75, 3.05) is 5.32 Å². The summed E-state index contributed by atoms with van der Waals surface area (Å²) in [4.78, 5) is 16.9. The monoisotopic (exact) mass is 346 g/mol. The largest absolute Gasteiger partial charge is 0.306 e. The first-order valence-electron chi connectivity index (χ1n) is 9.10. The van der Waals surface area contributed by atoms with Crippen LogP contribution in [0.2, 0.25) is 0 Å². The number of hydrogen-bond donors (Lipinski definition) is 1. The van der Waals surface area contributed by atoms with Crippen LogP contribution in [0.25, 0.3) is 5.69 Å². The molecule has 3 aromatic rings. The highest BCUT2D eigenvalue weighted by atomic mass is 16.1. The summed E-state index contributed by atoms with van der Waals surface area (Å²) < 4.78 is 1.83. The zero-order valence-electron chi connectivity index (χ0n) is 14.9. The maximum absolute atomic E-state index is 12.6. The molecule has 1 N–H and O–H groups in total. The summed E-state index contributed by atoms with van der Waals surface area (Å²) >= 11 is 0. The minimum atomic E-state index is -0.174. The number of aryl methyl sites for hydroxylation is 1. The molecule has 1 saturated carbocycles. The van der Waals surface area contributed by atoms with Crippen molar-refractivity contribution in [3.8, 4) is 5.69 Å². The summed E-state index contributed by atoms with van der Waals surface area (Å²) in [6, 6.07) is 15.6. The van der Waals surface area contributed by atoms with Crippen LogP contribution in [0.5, 0.6) is 0 Å². The van der Waals surface area contributed by atoms with Gasteiger partial charge in [-0.1, -0.05) is 31.0 Å². The van der Waals surface area contributed by atoms with Crippen LogP contribution >= 0.6 is 0 Å². The molecule has 4 rings (SSSR count). The van der Waals surface area contributed by atoms with Crippen molar-refractivity contribution in [2.45, 2.75) is 38.5 Å². The number of anilines is 1. The lowest BCUT2D eigenvalue weighted by Crippen LogP contribution is -2.15. The van der Waals surface area contributed by atoms with Crippen LogP contribution in [0.15, 0.2) is 54.7 Å². The van der Waals surface area contributed by atoms with Crippen molar-refractivity contribution in [1.29, 1.82) is 0 Å². The Morgan fingerprint density at radius 1 is 1.12 bits per heavy atom. The van der Waals surface area contributed by atoms with Gasteiger partial charge in [-0.3, -0.25) is 9.78 Å². The molecule has 2 heterocycles. The van der Waals surface area contributed by atoms with Crippen molar-refractivity contribution in [3.63, 3.8) is 0 Å². The molecular weight excluding hydrogens is 324 g/mol. The molecule has 0 aliphatic heterocycles. The number of rotatable bonds is 4. The highest BCUT2D eigenvalue weighted by Crippen LogP contribution is 2.35. The van der Waals surface area contributed by atoms with Gasteiger partial charge in [0.1, 0.15) is 5.82 Å². The van der Waals surface area contributed by atoms with Crippen LogP contribution in [0, 0.1) is 6.92 Å². The smallest absolute Gasteiger partial charge is 0.258 e. The number of hydrogen-bond acceptors (Lipinski definition) is 3.